The molecule has 1 aromatic carbocycles. The Morgan fingerprint density at radius 3 is 2.66 bits per heavy atom. The summed E-state index contributed by atoms with van der Waals surface area (Å²) in [5.74, 6) is -2.09. The molecule has 0 aliphatic carbocycles. The van der Waals surface area contributed by atoms with Crippen LogP contribution >= 0.6 is 0 Å². The monoisotopic (exact) mass is 399 g/mol. The van der Waals surface area contributed by atoms with Gasteiger partial charge in [0.25, 0.3) is 11.8 Å². The van der Waals surface area contributed by atoms with Gasteiger partial charge in [-0.15, -0.1) is 0 Å². The molecule has 1 aromatic heterocycles. The Morgan fingerprint density at radius 1 is 1.03 bits per heavy atom. The van der Waals surface area contributed by atoms with Crippen molar-refractivity contribution in [3.63, 3.8) is 0 Å². The van der Waals surface area contributed by atoms with Crippen LogP contribution in [0, 0.1) is 0 Å². The van der Waals surface area contributed by atoms with Gasteiger partial charge in [0.1, 0.15) is 6.54 Å². The van der Waals surface area contributed by atoms with Crippen LogP contribution in [0.25, 0.3) is 0 Å². The van der Waals surface area contributed by atoms with Crippen molar-refractivity contribution in [2.75, 3.05) is 31.1 Å². The first-order valence-corrected chi connectivity index (χ1v) is 9.17. The summed E-state index contributed by atoms with van der Waals surface area (Å²) >= 11 is 0. The Balaban J connectivity index is 1.37. The van der Waals surface area contributed by atoms with E-state index in [4.69, 9.17) is 9.15 Å². The Kier molecular flexibility index (Phi) is 6.62. The third kappa shape index (κ3) is 5.44. The molecule has 0 saturated heterocycles. The van der Waals surface area contributed by atoms with Crippen LogP contribution in [0.15, 0.2) is 47.1 Å². The zero-order chi connectivity index (χ0) is 20.6. The third-order valence-corrected chi connectivity index (χ3v) is 4.35. The average molecular weight is 399 g/mol. The van der Waals surface area contributed by atoms with Gasteiger partial charge in [-0.05, 0) is 36.6 Å². The minimum absolute atomic E-state index is 0.0787. The molecule has 0 bridgehead atoms. The lowest BCUT2D eigenvalue weighted by atomic mass is 10.0. The number of rotatable bonds is 7. The van der Waals surface area contributed by atoms with Crippen LogP contribution in [0.2, 0.25) is 0 Å². The quantitative estimate of drug-likeness (QED) is 0.660. The van der Waals surface area contributed by atoms with Gasteiger partial charge in [-0.25, -0.2) is 0 Å². The zero-order valence-corrected chi connectivity index (χ0v) is 15.7. The van der Waals surface area contributed by atoms with Gasteiger partial charge in [0.15, 0.2) is 12.4 Å². The topological polar surface area (TPSA) is 118 Å². The normalized spacial score (nSPS) is 12.6. The minimum atomic E-state index is -0.741. The molecule has 152 valence electrons. The molecular formula is C20H21N3O6. The zero-order valence-electron chi connectivity index (χ0n) is 15.7. The average Bonchev–Trinajstić information content (AvgIpc) is 3.29. The van der Waals surface area contributed by atoms with Gasteiger partial charge in [-0.3, -0.25) is 19.2 Å². The van der Waals surface area contributed by atoms with E-state index < -0.39 is 30.9 Å². The van der Waals surface area contributed by atoms with E-state index in [0.717, 1.165) is 24.1 Å². The Labute approximate surface area is 167 Å². The smallest absolute Gasteiger partial charge is 0.325 e. The molecule has 2 heterocycles. The van der Waals surface area contributed by atoms with Gasteiger partial charge in [0.05, 0.1) is 12.8 Å². The standard InChI is InChI=1S/C20H21N3O6/c24-17(11-22-20(27)16-8-4-10-28-16)21-12-19(26)29-13-18(25)23-9-3-6-14-5-1-2-7-15(14)23/h1-2,4-5,7-8,10H,3,6,9,11-13H2,(H,21,24)(H,22,27). The maximum absolute atomic E-state index is 12.4. The summed E-state index contributed by atoms with van der Waals surface area (Å²) in [5, 5.41) is 4.67. The summed E-state index contributed by atoms with van der Waals surface area (Å²) in [5.41, 5.74) is 1.92. The van der Waals surface area contributed by atoms with E-state index in [1.807, 2.05) is 24.3 Å². The molecular weight excluding hydrogens is 378 g/mol. The predicted molar refractivity (Wildman–Crippen MR) is 102 cm³/mol. The van der Waals surface area contributed by atoms with Crippen molar-refractivity contribution in [3.05, 3.63) is 54.0 Å². The largest absolute Gasteiger partial charge is 0.459 e. The van der Waals surface area contributed by atoms with Gasteiger partial charge < -0.3 is 24.7 Å². The number of furan rings is 1. The summed E-state index contributed by atoms with van der Waals surface area (Å²) in [6, 6.07) is 10.6. The number of ether oxygens (including phenoxy) is 1. The first-order valence-electron chi connectivity index (χ1n) is 9.17. The van der Waals surface area contributed by atoms with Crippen LogP contribution in [0.3, 0.4) is 0 Å². The van der Waals surface area contributed by atoms with Crippen LogP contribution in [0.4, 0.5) is 5.69 Å². The summed E-state index contributed by atoms with van der Waals surface area (Å²) < 4.78 is 9.86. The van der Waals surface area contributed by atoms with Crippen LogP contribution in [-0.4, -0.2) is 49.9 Å². The molecule has 0 atom stereocenters. The van der Waals surface area contributed by atoms with Crippen molar-refractivity contribution in [3.8, 4) is 0 Å². The van der Waals surface area contributed by atoms with Gasteiger partial charge in [-0.2, -0.15) is 0 Å². The number of benzene rings is 1. The highest BCUT2D eigenvalue weighted by atomic mass is 16.5. The number of nitrogens with one attached hydrogen (secondary N) is 2. The number of esters is 1. The Morgan fingerprint density at radius 2 is 1.86 bits per heavy atom. The SMILES string of the molecule is O=C(CNC(=O)c1ccco1)NCC(=O)OCC(=O)N1CCCc2ccccc21. The number of nitrogens with zero attached hydrogens (tertiary/aromatic N) is 1. The van der Waals surface area contributed by atoms with Crippen LogP contribution in [0.1, 0.15) is 22.5 Å². The lowest BCUT2D eigenvalue weighted by molar-refractivity contribution is -0.147. The summed E-state index contributed by atoms with van der Waals surface area (Å²) in [6.45, 7) is -0.562. The number of anilines is 1. The molecule has 3 amide bonds. The van der Waals surface area contributed by atoms with Gasteiger partial charge in [0.2, 0.25) is 5.91 Å². The molecule has 0 radical (unpaired) electrons. The summed E-state index contributed by atoms with van der Waals surface area (Å²) in [6.07, 6.45) is 3.09. The molecule has 2 N–H and O–H groups in total. The molecule has 1 aliphatic rings. The number of carbonyl (C=O) groups excluding carboxylic acids is 4. The minimum Gasteiger partial charge on any atom is -0.459 e. The molecule has 0 unspecified atom stereocenters. The van der Waals surface area contributed by atoms with E-state index in [9.17, 15) is 19.2 Å². The van der Waals surface area contributed by atoms with Crippen LogP contribution < -0.4 is 15.5 Å². The van der Waals surface area contributed by atoms with Crippen molar-refractivity contribution < 1.29 is 28.3 Å². The maximum Gasteiger partial charge on any atom is 0.325 e. The number of carbonyl (C=O) groups is 4. The predicted octanol–water partition coefficient (Wildman–Crippen LogP) is 0.648. The van der Waals surface area contributed by atoms with E-state index in [0.29, 0.717) is 6.54 Å². The number of hydrogen-bond acceptors (Lipinski definition) is 6. The lowest BCUT2D eigenvalue weighted by Gasteiger charge is -2.29. The molecule has 3 rings (SSSR count). The van der Waals surface area contributed by atoms with E-state index in [1.165, 1.54) is 12.3 Å². The first-order chi connectivity index (χ1) is 14.0. The maximum atomic E-state index is 12.4. The highest BCUT2D eigenvalue weighted by molar-refractivity contribution is 5.97. The second-order valence-corrected chi connectivity index (χ2v) is 6.38. The van der Waals surface area contributed by atoms with E-state index in [2.05, 4.69) is 10.6 Å². The Hall–Kier alpha value is -3.62. The highest BCUT2D eigenvalue weighted by Crippen LogP contribution is 2.26. The van der Waals surface area contributed by atoms with Crippen molar-refractivity contribution in [2.45, 2.75) is 12.8 Å². The van der Waals surface area contributed by atoms with Crippen LogP contribution in [0.5, 0.6) is 0 Å². The Bertz CT molecular complexity index is 893. The molecule has 0 fully saturated rings. The number of amides is 3. The second-order valence-electron chi connectivity index (χ2n) is 6.38. The number of hydrogen-bond donors (Lipinski definition) is 2. The molecule has 1 aliphatic heterocycles. The second kappa shape index (κ2) is 9.54. The number of aryl methyl sites for hydroxylation is 1. The fourth-order valence-corrected chi connectivity index (χ4v) is 2.95. The van der Waals surface area contributed by atoms with Gasteiger partial charge in [-0.1, -0.05) is 18.2 Å². The lowest BCUT2D eigenvalue weighted by Crippen LogP contribution is -2.41. The fourth-order valence-electron chi connectivity index (χ4n) is 2.95. The molecule has 2 aromatic rings. The van der Waals surface area contributed by atoms with Crippen molar-refractivity contribution in [2.24, 2.45) is 0 Å². The summed E-state index contributed by atoms with van der Waals surface area (Å²) in [7, 11) is 0. The third-order valence-electron chi connectivity index (χ3n) is 4.35. The molecule has 9 heteroatoms. The fraction of sp³-hybridized carbons (Fsp3) is 0.300. The van der Waals surface area contributed by atoms with E-state index >= 15 is 0 Å². The van der Waals surface area contributed by atoms with Gasteiger partial charge >= 0.3 is 5.97 Å². The van der Waals surface area contributed by atoms with E-state index in [1.54, 1.807) is 11.0 Å². The van der Waals surface area contributed by atoms with Crippen molar-refractivity contribution >= 4 is 29.4 Å². The molecule has 29 heavy (non-hydrogen) atoms. The molecule has 0 saturated carbocycles. The number of fused-ring (bicyclic) bond motifs is 1. The van der Waals surface area contributed by atoms with Crippen molar-refractivity contribution in [1.82, 2.24) is 10.6 Å². The molecule has 0 spiro atoms. The summed E-state index contributed by atoms with van der Waals surface area (Å²) in [4.78, 5) is 49.1. The first kappa shape index (κ1) is 20.1. The highest BCUT2D eigenvalue weighted by Gasteiger charge is 2.23. The molecule has 9 nitrogen and oxygen atoms in total. The van der Waals surface area contributed by atoms with Gasteiger partial charge in [0, 0.05) is 12.2 Å². The van der Waals surface area contributed by atoms with Crippen LogP contribution in [-0.2, 0) is 25.5 Å². The number of para-hydroxylation sites is 1. The van der Waals surface area contributed by atoms with E-state index in [-0.39, 0.29) is 18.2 Å². The van der Waals surface area contributed by atoms with Crippen molar-refractivity contribution in [1.29, 1.82) is 0 Å².